The Kier molecular flexibility index (Phi) is 6.24. The van der Waals surface area contributed by atoms with E-state index in [9.17, 15) is 51.1 Å². The van der Waals surface area contributed by atoms with Crippen molar-refractivity contribution in [3.8, 4) is 68.6 Å². The van der Waals surface area contributed by atoms with Crippen LogP contribution in [0.15, 0.2) is 48.5 Å². The van der Waals surface area contributed by atoms with Gasteiger partial charge < -0.3 is 60.5 Å². The van der Waals surface area contributed by atoms with Crippen LogP contribution < -0.4 is 9.47 Å². The van der Waals surface area contributed by atoms with Crippen LogP contribution in [0.2, 0.25) is 0 Å². The first kappa shape index (κ1) is 27.0. The number of phenols is 8. The number of fused-ring (bicyclic) bond motifs is 2. The quantitative estimate of drug-likeness (QED) is 0.159. The minimum atomic E-state index is -1.23. The molecule has 218 valence electrons. The van der Waals surface area contributed by atoms with Gasteiger partial charge in [-0.3, -0.25) is 0 Å². The third-order valence-corrected chi connectivity index (χ3v) is 7.62. The lowest BCUT2D eigenvalue weighted by atomic mass is 9.86. The van der Waals surface area contributed by atoms with Gasteiger partial charge in [0.15, 0.2) is 58.2 Å². The predicted molar refractivity (Wildman–Crippen MR) is 144 cm³/mol. The second-order valence-corrected chi connectivity index (χ2v) is 10.3. The highest BCUT2D eigenvalue weighted by Crippen LogP contribution is 2.55. The summed E-state index contributed by atoms with van der Waals surface area (Å²) < 4.78 is 11.7. The van der Waals surface area contributed by atoms with Gasteiger partial charge >= 0.3 is 0 Å². The molecule has 0 fully saturated rings. The molecular formula is C30H26O12. The molecular weight excluding hydrogens is 552 g/mol. The van der Waals surface area contributed by atoms with Crippen molar-refractivity contribution in [3.05, 3.63) is 70.8 Å². The zero-order valence-corrected chi connectivity index (χ0v) is 21.6. The summed E-state index contributed by atoms with van der Waals surface area (Å²) in [5.41, 5.74) is 1.19. The average Bonchev–Trinajstić information content (AvgIpc) is 2.95. The molecule has 0 amide bonds. The molecule has 0 aliphatic carbocycles. The number of hydrogen-bond acceptors (Lipinski definition) is 12. The van der Waals surface area contributed by atoms with E-state index < -0.39 is 58.9 Å². The zero-order chi connectivity index (χ0) is 30.0. The van der Waals surface area contributed by atoms with Gasteiger partial charge in [0.2, 0.25) is 11.5 Å². The third kappa shape index (κ3) is 4.24. The fourth-order valence-electron chi connectivity index (χ4n) is 5.50. The summed E-state index contributed by atoms with van der Waals surface area (Å²) in [6.45, 7) is 0. The van der Waals surface area contributed by atoms with Crippen LogP contribution in [0.4, 0.5) is 0 Å². The summed E-state index contributed by atoms with van der Waals surface area (Å²) in [7, 11) is 0. The van der Waals surface area contributed by atoms with E-state index in [-0.39, 0.29) is 58.1 Å². The smallest absolute Gasteiger partial charge is 0.201 e. The molecule has 0 aromatic heterocycles. The van der Waals surface area contributed by atoms with Gasteiger partial charge in [0.1, 0.15) is 0 Å². The van der Waals surface area contributed by atoms with Gasteiger partial charge in [0.25, 0.3) is 0 Å². The molecule has 0 saturated heterocycles. The van der Waals surface area contributed by atoms with Crippen LogP contribution in [0.25, 0.3) is 11.1 Å². The molecule has 42 heavy (non-hydrogen) atoms. The van der Waals surface area contributed by atoms with Crippen molar-refractivity contribution < 1.29 is 60.5 Å². The number of aromatic hydroxyl groups is 8. The SMILES string of the molecule is Oc1ccc([C@H]2Oc3c(cc(-c4cc(O)c(O)c5c4C[C@H](O)[C@H](c4ccc(O)c(O)c4)O5)c(O)c3O)C[C@@H]2O)cc1O. The summed E-state index contributed by atoms with van der Waals surface area (Å²) in [6.07, 6.45) is -4.74. The highest BCUT2D eigenvalue weighted by atomic mass is 16.5. The Bertz CT molecular complexity index is 1730. The van der Waals surface area contributed by atoms with Crippen molar-refractivity contribution in [2.24, 2.45) is 0 Å². The van der Waals surface area contributed by atoms with Gasteiger partial charge in [-0.2, -0.15) is 0 Å². The Morgan fingerprint density at radius 2 is 1.05 bits per heavy atom. The lowest BCUT2D eigenvalue weighted by Crippen LogP contribution is -2.31. The van der Waals surface area contributed by atoms with E-state index in [1.165, 1.54) is 42.5 Å². The van der Waals surface area contributed by atoms with Crippen molar-refractivity contribution in [1.29, 1.82) is 0 Å². The molecule has 4 atom stereocenters. The molecule has 2 aliphatic rings. The maximum absolute atomic E-state index is 11.1. The Hall–Kier alpha value is -5.20. The fraction of sp³-hybridized carbons (Fsp3) is 0.200. The molecule has 4 aromatic rings. The summed E-state index contributed by atoms with van der Waals surface area (Å²) in [5.74, 6) is -4.51. The predicted octanol–water partition coefficient (Wildman–Crippen LogP) is 3.07. The highest BCUT2D eigenvalue weighted by molar-refractivity contribution is 5.83. The number of aliphatic hydroxyl groups excluding tert-OH is 2. The van der Waals surface area contributed by atoms with E-state index >= 15 is 0 Å². The Morgan fingerprint density at radius 3 is 1.62 bits per heavy atom. The van der Waals surface area contributed by atoms with Gasteiger partial charge in [-0.15, -0.1) is 0 Å². The maximum atomic E-state index is 11.1. The Balaban J connectivity index is 1.42. The topological polar surface area (TPSA) is 221 Å². The van der Waals surface area contributed by atoms with Gasteiger partial charge in [0, 0.05) is 29.5 Å². The largest absolute Gasteiger partial charge is 0.504 e. The van der Waals surface area contributed by atoms with Crippen LogP contribution in [-0.2, 0) is 12.8 Å². The number of hydrogen-bond donors (Lipinski definition) is 10. The molecule has 4 aromatic carbocycles. The minimum Gasteiger partial charge on any atom is -0.504 e. The average molecular weight is 579 g/mol. The van der Waals surface area contributed by atoms with Crippen molar-refractivity contribution in [2.75, 3.05) is 0 Å². The summed E-state index contributed by atoms with van der Waals surface area (Å²) in [5, 5.41) is 104. The normalized spacial score (nSPS) is 21.1. The Labute approximate surface area is 237 Å². The lowest BCUT2D eigenvalue weighted by molar-refractivity contribution is 0.0185. The second-order valence-electron chi connectivity index (χ2n) is 10.3. The van der Waals surface area contributed by atoms with Crippen molar-refractivity contribution in [2.45, 2.75) is 37.3 Å². The number of aliphatic hydroxyl groups is 2. The molecule has 0 spiro atoms. The number of rotatable bonds is 3. The first-order chi connectivity index (χ1) is 19.9. The van der Waals surface area contributed by atoms with Crippen LogP contribution >= 0.6 is 0 Å². The summed E-state index contributed by atoms with van der Waals surface area (Å²) >= 11 is 0. The van der Waals surface area contributed by atoms with E-state index in [4.69, 9.17) is 9.47 Å². The van der Waals surface area contributed by atoms with Crippen molar-refractivity contribution in [3.63, 3.8) is 0 Å². The second kappa shape index (κ2) is 9.72. The van der Waals surface area contributed by atoms with Crippen molar-refractivity contribution in [1.82, 2.24) is 0 Å². The van der Waals surface area contributed by atoms with E-state index in [0.717, 1.165) is 6.07 Å². The van der Waals surface area contributed by atoms with E-state index in [1.807, 2.05) is 0 Å². The summed E-state index contributed by atoms with van der Waals surface area (Å²) in [6, 6.07) is 10.3. The van der Waals surface area contributed by atoms with Crippen LogP contribution in [0, 0.1) is 0 Å². The molecule has 2 heterocycles. The van der Waals surface area contributed by atoms with Gasteiger partial charge in [-0.25, -0.2) is 0 Å². The Morgan fingerprint density at radius 1 is 0.500 bits per heavy atom. The zero-order valence-electron chi connectivity index (χ0n) is 21.6. The van der Waals surface area contributed by atoms with Crippen LogP contribution in [-0.4, -0.2) is 63.3 Å². The molecule has 12 nitrogen and oxygen atoms in total. The minimum absolute atomic E-state index is 0.00847. The van der Waals surface area contributed by atoms with Gasteiger partial charge in [-0.1, -0.05) is 12.1 Å². The van der Waals surface area contributed by atoms with Crippen LogP contribution in [0.1, 0.15) is 34.5 Å². The standard InChI is InChI=1S/C30H26O12/c31-17-3-1-11(6-19(17)33)27-22(36)8-13-5-15(24(38)26(40)29(13)41-27)14-9-21(35)25(39)30-16(14)10-23(37)28(42-30)12-2-4-18(32)20(34)7-12/h1-7,9,22-23,27-28,31-40H,8,10H2/t22-,23-,27+,28-/m0/s1. The van der Waals surface area contributed by atoms with Crippen molar-refractivity contribution >= 4 is 0 Å². The first-order valence-electron chi connectivity index (χ1n) is 12.8. The molecule has 6 rings (SSSR count). The highest BCUT2D eigenvalue weighted by Gasteiger charge is 2.38. The summed E-state index contributed by atoms with van der Waals surface area (Å²) in [4.78, 5) is 0. The van der Waals surface area contributed by atoms with Gasteiger partial charge in [-0.05, 0) is 53.1 Å². The van der Waals surface area contributed by atoms with Crippen LogP contribution in [0.5, 0.6) is 57.5 Å². The van der Waals surface area contributed by atoms with E-state index in [2.05, 4.69) is 0 Å². The monoisotopic (exact) mass is 578 g/mol. The molecule has 2 aliphatic heterocycles. The van der Waals surface area contributed by atoms with E-state index in [0.29, 0.717) is 11.1 Å². The van der Waals surface area contributed by atoms with Crippen LogP contribution in [0.3, 0.4) is 0 Å². The maximum Gasteiger partial charge on any atom is 0.201 e. The number of ether oxygens (including phenoxy) is 2. The molecule has 12 heteroatoms. The molecule has 0 radical (unpaired) electrons. The van der Waals surface area contributed by atoms with E-state index in [1.54, 1.807) is 0 Å². The number of phenolic OH excluding ortho intramolecular Hbond substituents is 8. The lowest BCUT2D eigenvalue weighted by Gasteiger charge is -2.34. The molecule has 0 saturated carbocycles. The molecule has 0 bridgehead atoms. The molecule has 10 N–H and O–H groups in total. The fourth-order valence-corrected chi connectivity index (χ4v) is 5.50. The third-order valence-electron chi connectivity index (χ3n) is 7.62. The van der Waals surface area contributed by atoms with Gasteiger partial charge in [0.05, 0.1) is 12.2 Å². The number of benzene rings is 4. The first-order valence-corrected chi connectivity index (χ1v) is 12.8. The molecule has 0 unspecified atom stereocenters.